The number of nitrogens with two attached hydrogens (primary N) is 2. The minimum absolute atomic E-state index is 0.00784. The minimum atomic E-state index is -0.267. The molecule has 2 aromatic carbocycles. The van der Waals surface area contributed by atoms with E-state index in [1.54, 1.807) is 4.57 Å². The fraction of sp³-hybridized carbons (Fsp3) is 0.200. The van der Waals surface area contributed by atoms with Gasteiger partial charge < -0.3 is 16.8 Å². The van der Waals surface area contributed by atoms with E-state index in [1.165, 1.54) is 0 Å². The molecule has 2 aromatic heterocycles. The van der Waals surface area contributed by atoms with Crippen LogP contribution in [0.4, 0.5) is 23.3 Å². The van der Waals surface area contributed by atoms with Crippen molar-refractivity contribution in [1.82, 2.24) is 14.5 Å². The van der Waals surface area contributed by atoms with Gasteiger partial charge in [0, 0.05) is 11.4 Å². The summed E-state index contributed by atoms with van der Waals surface area (Å²) in [5, 5.41) is 4.96. The highest BCUT2D eigenvalue weighted by Crippen LogP contribution is 2.45. The second kappa shape index (κ2) is 7.95. The maximum Gasteiger partial charge on any atom is 0.268 e. The SMILES string of the molecule is [C-]#[N+]c1c(N)nc(N)nc1N[C@H](c1cc2cccc(C)c2c(=O)n1-c1ccccc1)C1CC1. The molecule has 8 nitrogen and oxygen atoms in total. The Hall–Kier alpha value is -4.38. The summed E-state index contributed by atoms with van der Waals surface area (Å²) in [7, 11) is 0. The second-order valence-electron chi connectivity index (χ2n) is 8.32. The van der Waals surface area contributed by atoms with Crippen molar-refractivity contribution in [2.75, 3.05) is 16.8 Å². The molecule has 164 valence electrons. The minimum Gasteiger partial charge on any atom is -0.392 e. The number of nitrogen functional groups attached to an aromatic ring is 2. The quantitative estimate of drug-likeness (QED) is 0.399. The van der Waals surface area contributed by atoms with Crippen LogP contribution in [0.3, 0.4) is 0 Å². The Kier molecular flexibility index (Phi) is 4.94. The summed E-state index contributed by atoms with van der Waals surface area (Å²) in [6.45, 7) is 9.49. The van der Waals surface area contributed by atoms with Gasteiger partial charge in [-0.1, -0.05) is 36.4 Å². The van der Waals surface area contributed by atoms with Gasteiger partial charge in [0.2, 0.25) is 5.95 Å². The molecule has 0 saturated heterocycles. The lowest BCUT2D eigenvalue weighted by atomic mass is 10.0. The third kappa shape index (κ3) is 3.64. The van der Waals surface area contributed by atoms with Crippen molar-refractivity contribution in [2.24, 2.45) is 5.92 Å². The highest BCUT2D eigenvalue weighted by Gasteiger charge is 2.36. The van der Waals surface area contributed by atoms with Crippen molar-refractivity contribution in [3.63, 3.8) is 0 Å². The maximum absolute atomic E-state index is 13.8. The zero-order valence-electron chi connectivity index (χ0n) is 18.1. The van der Waals surface area contributed by atoms with Crippen molar-refractivity contribution in [2.45, 2.75) is 25.8 Å². The predicted octanol–water partition coefficient (Wildman–Crippen LogP) is 4.37. The summed E-state index contributed by atoms with van der Waals surface area (Å²) in [5.41, 5.74) is 14.3. The number of hydrogen-bond donors (Lipinski definition) is 3. The normalized spacial score (nSPS) is 14.1. The van der Waals surface area contributed by atoms with Crippen molar-refractivity contribution < 1.29 is 0 Å². The summed E-state index contributed by atoms with van der Waals surface area (Å²) >= 11 is 0. The number of benzene rings is 2. The van der Waals surface area contributed by atoms with E-state index in [2.05, 4.69) is 26.2 Å². The highest BCUT2D eigenvalue weighted by atomic mass is 16.1. The molecule has 1 saturated carbocycles. The van der Waals surface area contributed by atoms with E-state index in [4.69, 9.17) is 18.0 Å². The van der Waals surface area contributed by atoms with E-state index in [-0.39, 0.29) is 40.8 Å². The number of anilines is 3. The fourth-order valence-corrected chi connectivity index (χ4v) is 4.34. The number of para-hydroxylation sites is 1. The molecule has 0 amide bonds. The third-order valence-corrected chi connectivity index (χ3v) is 6.04. The molecule has 0 radical (unpaired) electrons. The van der Waals surface area contributed by atoms with E-state index in [0.717, 1.165) is 35.2 Å². The Morgan fingerprint density at radius 3 is 2.58 bits per heavy atom. The van der Waals surface area contributed by atoms with E-state index in [9.17, 15) is 4.79 Å². The van der Waals surface area contributed by atoms with Gasteiger partial charge in [-0.2, -0.15) is 0 Å². The van der Waals surface area contributed by atoms with Gasteiger partial charge in [-0.15, -0.1) is 0 Å². The Labute approximate surface area is 190 Å². The molecule has 1 atom stereocenters. The lowest BCUT2D eigenvalue weighted by molar-refractivity contribution is 0.633. The van der Waals surface area contributed by atoms with Gasteiger partial charge in [-0.25, -0.2) is 14.8 Å². The molecule has 0 unspecified atom stereocenters. The van der Waals surface area contributed by atoms with Crippen molar-refractivity contribution in [1.29, 1.82) is 0 Å². The van der Waals surface area contributed by atoms with Crippen molar-refractivity contribution in [3.05, 3.63) is 87.6 Å². The maximum atomic E-state index is 13.8. The van der Waals surface area contributed by atoms with Crippen LogP contribution >= 0.6 is 0 Å². The van der Waals surface area contributed by atoms with E-state index < -0.39 is 0 Å². The number of rotatable bonds is 5. The standard InChI is InChI=1S/C25H23N7O/c1-14-7-6-8-16-13-18(32(24(33)19(14)16)17-9-4-3-5-10-17)20(15-11-12-15)29-23-21(28-2)22(26)30-25(27)31-23/h3-10,13,15,20H,11-12H2,1H3,(H5,26,27,29,30,31)/t20-/m0/s1. The van der Waals surface area contributed by atoms with Gasteiger partial charge in [0.05, 0.1) is 18.0 Å². The summed E-state index contributed by atoms with van der Waals surface area (Å²) in [6, 6.07) is 17.2. The summed E-state index contributed by atoms with van der Waals surface area (Å²) in [4.78, 5) is 25.5. The smallest absolute Gasteiger partial charge is 0.268 e. The number of hydrogen-bond acceptors (Lipinski definition) is 6. The molecular formula is C25H23N7O. The van der Waals surface area contributed by atoms with Gasteiger partial charge in [0.1, 0.15) is 11.6 Å². The topological polar surface area (TPSA) is 116 Å². The molecule has 0 bridgehead atoms. The Bertz CT molecular complexity index is 1470. The van der Waals surface area contributed by atoms with Crippen molar-refractivity contribution in [3.8, 4) is 5.69 Å². The lowest BCUT2D eigenvalue weighted by Crippen LogP contribution is -2.28. The third-order valence-electron chi connectivity index (χ3n) is 6.04. The summed E-state index contributed by atoms with van der Waals surface area (Å²) in [5.74, 6) is 0.580. The highest BCUT2D eigenvalue weighted by molar-refractivity contribution is 5.86. The lowest BCUT2D eigenvalue weighted by Gasteiger charge is -2.25. The Morgan fingerprint density at radius 1 is 1.12 bits per heavy atom. The zero-order chi connectivity index (χ0) is 23.1. The Balaban J connectivity index is 1.76. The fourth-order valence-electron chi connectivity index (χ4n) is 4.34. The van der Waals surface area contributed by atoms with Gasteiger partial charge in [0.25, 0.3) is 11.2 Å². The van der Waals surface area contributed by atoms with Gasteiger partial charge in [-0.05, 0) is 54.8 Å². The van der Waals surface area contributed by atoms with Crippen LogP contribution in [0, 0.1) is 19.4 Å². The van der Waals surface area contributed by atoms with Crippen LogP contribution in [0.2, 0.25) is 0 Å². The molecule has 1 fully saturated rings. The van der Waals surface area contributed by atoms with Gasteiger partial charge in [-0.3, -0.25) is 9.36 Å². The largest absolute Gasteiger partial charge is 0.392 e. The van der Waals surface area contributed by atoms with Gasteiger partial charge in [0.15, 0.2) is 0 Å². The number of fused-ring (bicyclic) bond motifs is 1. The van der Waals surface area contributed by atoms with E-state index in [0.29, 0.717) is 5.39 Å². The van der Waals surface area contributed by atoms with Crippen LogP contribution < -0.4 is 22.3 Å². The molecule has 5 N–H and O–H groups in total. The van der Waals surface area contributed by atoms with Gasteiger partial charge >= 0.3 is 0 Å². The monoisotopic (exact) mass is 437 g/mol. The van der Waals surface area contributed by atoms with Crippen LogP contribution in [0.5, 0.6) is 0 Å². The first kappa shape index (κ1) is 20.5. The number of aromatic nitrogens is 3. The second-order valence-corrected chi connectivity index (χ2v) is 8.32. The molecule has 8 heteroatoms. The number of nitrogens with zero attached hydrogens (tertiary/aromatic N) is 4. The Morgan fingerprint density at radius 2 is 1.88 bits per heavy atom. The number of nitrogens with one attached hydrogen (secondary N) is 1. The van der Waals surface area contributed by atoms with Crippen LogP contribution in [0.15, 0.2) is 59.4 Å². The zero-order valence-corrected chi connectivity index (χ0v) is 18.1. The first-order valence-electron chi connectivity index (χ1n) is 10.8. The average molecular weight is 438 g/mol. The van der Waals surface area contributed by atoms with Crippen molar-refractivity contribution >= 4 is 34.0 Å². The van der Waals surface area contributed by atoms with Crippen LogP contribution in [0.1, 0.15) is 30.1 Å². The molecule has 0 spiro atoms. The number of pyridine rings is 1. The predicted molar refractivity (Wildman–Crippen MR) is 130 cm³/mol. The molecule has 33 heavy (non-hydrogen) atoms. The molecule has 1 aliphatic carbocycles. The molecule has 4 aromatic rings. The summed E-state index contributed by atoms with van der Waals surface area (Å²) in [6.07, 6.45) is 1.99. The molecule has 0 aliphatic heterocycles. The van der Waals surface area contributed by atoms with Crippen LogP contribution in [-0.4, -0.2) is 14.5 Å². The van der Waals surface area contributed by atoms with E-state index >= 15 is 0 Å². The number of aryl methyl sites for hydroxylation is 1. The first-order chi connectivity index (χ1) is 16.0. The molecule has 2 heterocycles. The molecular weight excluding hydrogens is 414 g/mol. The van der Waals surface area contributed by atoms with E-state index in [1.807, 2.05) is 55.5 Å². The van der Waals surface area contributed by atoms with Crippen LogP contribution in [-0.2, 0) is 0 Å². The average Bonchev–Trinajstić information content (AvgIpc) is 3.63. The molecule has 1 aliphatic rings. The summed E-state index contributed by atoms with van der Waals surface area (Å²) < 4.78 is 1.76. The molecule has 5 rings (SSSR count). The first-order valence-corrected chi connectivity index (χ1v) is 10.8. The van der Waals surface area contributed by atoms with Crippen LogP contribution in [0.25, 0.3) is 21.3 Å².